The van der Waals surface area contributed by atoms with Crippen molar-refractivity contribution in [2.45, 2.75) is 26.7 Å². The smallest absolute Gasteiger partial charge is 0.309 e. The molecule has 0 bridgehead atoms. The van der Waals surface area contributed by atoms with Crippen LogP contribution in [0.2, 0.25) is 0 Å². The number of rotatable bonds is 3. The van der Waals surface area contributed by atoms with Gasteiger partial charge in [0.1, 0.15) is 5.82 Å². The number of fused-ring (bicyclic) bond motifs is 3. The number of ether oxygens (including phenoxy) is 1. The van der Waals surface area contributed by atoms with Crippen LogP contribution in [0.4, 0.5) is 5.95 Å². The fourth-order valence-electron chi connectivity index (χ4n) is 3.48. The summed E-state index contributed by atoms with van der Waals surface area (Å²) in [5, 5.41) is 9.58. The zero-order valence-corrected chi connectivity index (χ0v) is 14.5. The van der Waals surface area contributed by atoms with Crippen molar-refractivity contribution in [3.05, 3.63) is 30.1 Å². The number of benzene rings is 1. The second-order valence-electron chi connectivity index (χ2n) is 6.35. The minimum absolute atomic E-state index is 0.0193. The standard InChI is InChI=1S/C18H21N5O2/c1-3-25-17(24)13-8-10-22(11-9-13)18-19-15-7-5-4-6-14(15)16-21-20-12(2)23(16)18/h4-7,13H,3,8-11H2,1-2H3. The van der Waals surface area contributed by atoms with Gasteiger partial charge in [-0.2, -0.15) is 0 Å². The van der Waals surface area contributed by atoms with Gasteiger partial charge in [0.05, 0.1) is 18.0 Å². The lowest BCUT2D eigenvalue weighted by molar-refractivity contribution is -0.148. The summed E-state index contributed by atoms with van der Waals surface area (Å²) in [7, 11) is 0. The normalized spacial score (nSPS) is 15.8. The summed E-state index contributed by atoms with van der Waals surface area (Å²) < 4.78 is 7.17. The van der Waals surface area contributed by atoms with E-state index in [1.807, 2.05) is 42.5 Å². The average molecular weight is 339 g/mol. The molecule has 1 aliphatic rings. The van der Waals surface area contributed by atoms with Crippen molar-refractivity contribution in [1.29, 1.82) is 0 Å². The average Bonchev–Trinajstić information content (AvgIpc) is 3.04. The lowest BCUT2D eigenvalue weighted by atomic mass is 9.97. The molecule has 0 atom stereocenters. The van der Waals surface area contributed by atoms with Crippen LogP contribution in [0.15, 0.2) is 24.3 Å². The highest BCUT2D eigenvalue weighted by molar-refractivity contribution is 5.92. The van der Waals surface area contributed by atoms with Crippen molar-refractivity contribution in [3.63, 3.8) is 0 Å². The van der Waals surface area contributed by atoms with Crippen LogP contribution >= 0.6 is 0 Å². The molecule has 0 saturated carbocycles. The summed E-state index contributed by atoms with van der Waals surface area (Å²) in [5.74, 6) is 1.56. The number of aryl methyl sites for hydroxylation is 1. The fourth-order valence-corrected chi connectivity index (χ4v) is 3.48. The molecule has 0 N–H and O–H groups in total. The molecule has 25 heavy (non-hydrogen) atoms. The van der Waals surface area contributed by atoms with Crippen molar-refractivity contribution >= 4 is 28.5 Å². The van der Waals surface area contributed by atoms with Gasteiger partial charge in [-0.3, -0.25) is 4.79 Å². The number of carbonyl (C=O) groups excluding carboxylic acids is 1. The Balaban J connectivity index is 1.69. The molecule has 2 aromatic heterocycles. The first-order valence-corrected chi connectivity index (χ1v) is 8.71. The number of carbonyl (C=O) groups is 1. The molecule has 3 heterocycles. The van der Waals surface area contributed by atoms with Crippen molar-refractivity contribution in [2.75, 3.05) is 24.6 Å². The number of hydrogen-bond acceptors (Lipinski definition) is 6. The molecule has 4 rings (SSSR count). The van der Waals surface area contributed by atoms with E-state index in [1.54, 1.807) is 0 Å². The van der Waals surface area contributed by atoms with E-state index in [4.69, 9.17) is 9.72 Å². The van der Waals surface area contributed by atoms with E-state index in [0.29, 0.717) is 6.61 Å². The summed E-state index contributed by atoms with van der Waals surface area (Å²) in [6.07, 6.45) is 1.55. The summed E-state index contributed by atoms with van der Waals surface area (Å²) in [6, 6.07) is 7.97. The molecule has 130 valence electrons. The maximum Gasteiger partial charge on any atom is 0.309 e. The van der Waals surface area contributed by atoms with E-state index in [0.717, 1.165) is 54.3 Å². The lowest BCUT2D eigenvalue weighted by Crippen LogP contribution is -2.38. The zero-order valence-electron chi connectivity index (χ0n) is 14.5. The van der Waals surface area contributed by atoms with E-state index in [2.05, 4.69) is 15.1 Å². The van der Waals surface area contributed by atoms with Crippen LogP contribution in [0.1, 0.15) is 25.6 Å². The van der Waals surface area contributed by atoms with Crippen LogP contribution in [0.3, 0.4) is 0 Å². The maximum atomic E-state index is 12.0. The number of para-hydroxylation sites is 1. The fraction of sp³-hybridized carbons (Fsp3) is 0.444. The number of aromatic nitrogens is 4. The molecule has 0 spiro atoms. The number of piperidine rings is 1. The summed E-state index contributed by atoms with van der Waals surface area (Å²) >= 11 is 0. The Kier molecular flexibility index (Phi) is 3.99. The first-order valence-electron chi connectivity index (χ1n) is 8.71. The predicted molar refractivity (Wildman–Crippen MR) is 94.6 cm³/mol. The van der Waals surface area contributed by atoms with Gasteiger partial charge in [-0.15, -0.1) is 10.2 Å². The third-order valence-electron chi connectivity index (χ3n) is 4.79. The lowest BCUT2D eigenvalue weighted by Gasteiger charge is -2.32. The van der Waals surface area contributed by atoms with Gasteiger partial charge in [-0.1, -0.05) is 12.1 Å². The first-order chi connectivity index (χ1) is 12.2. The van der Waals surface area contributed by atoms with E-state index < -0.39 is 0 Å². The summed E-state index contributed by atoms with van der Waals surface area (Å²) in [6.45, 7) is 5.75. The van der Waals surface area contributed by atoms with Crippen molar-refractivity contribution in [2.24, 2.45) is 5.92 Å². The molecule has 1 saturated heterocycles. The van der Waals surface area contributed by atoms with Gasteiger partial charge in [0, 0.05) is 18.5 Å². The second kappa shape index (κ2) is 6.31. The summed E-state index contributed by atoms with van der Waals surface area (Å²) in [4.78, 5) is 19.0. The number of nitrogens with zero attached hydrogens (tertiary/aromatic N) is 5. The Morgan fingerprint density at radius 2 is 2.00 bits per heavy atom. The molecule has 3 aromatic rings. The minimum Gasteiger partial charge on any atom is -0.466 e. The Bertz CT molecular complexity index is 928. The Labute approximate surface area is 145 Å². The Morgan fingerprint density at radius 1 is 1.24 bits per heavy atom. The molecule has 0 aliphatic carbocycles. The predicted octanol–water partition coefficient (Wildman–Crippen LogP) is 2.37. The van der Waals surface area contributed by atoms with Crippen molar-refractivity contribution in [1.82, 2.24) is 19.6 Å². The number of hydrogen-bond donors (Lipinski definition) is 0. The molecule has 7 heteroatoms. The summed E-state index contributed by atoms with van der Waals surface area (Å²) in [5.41, 5.74) is 1.73. The first kappa shape index (κ1) is 15.8. The van der Waals surface area contributed by atoms with E-state index >= 15 is 0 Å². The molecule has 1 fully saturated rings. The highest BCUT2D eigenvalue weighted by Gasteiger charge is 2.28. The Morgan fingerprint density at radius 3 is 2.76 bits per heavy atom. The zero-order chi connectivity index (χ0) is 17.4. The van der Waals surface area contributed by atoms with Crippen molar-refractivity contribution < 1.29 is 9.53 Å². The molecule has 0 amide bonds. The molecule has 7 nitrogen and oxygen atoms in total. The minimum atomic E-state index is -0.0840. The van der Waals surface area contributed by atoms with Crippen LogP contribution in [0.5, 0.6) is 0 Å². The molecule has 1 aliphatic heterocycles. The van der Waals surface area contributed by atoms with E-state index in [1.165, 1.54) is 0 Å². The Hall–Kier alpha value is -2.70. The van der Waals surface area contributed by atoms with Crippen molar-refractivity contribution in [3.8, 4) is 0 Å². The second-order valence-corrected chi connectivity index (χ2v) is 6.35. The van der Waals surface area contributed by atoms with Gasteiger partial charge < -0.3 is 9.64 Å². The van der Waals surface area contributed by atoms with Gasteiger partial charge >= 0.3 is 5.97 Å². The topological polar surface area (TPSA) is 72.6 Å². The van der Waals surface area contributed by atoms with Crippen LogP contribution in [-0.4, -0.2) is 45.2 Å². The molecule has 0 radical (unpaired) electrons. The van der Waals surface area contributed by atoms with Crippen LogP contribution in [-0.2, 0) is 9.53 Å². The number of esters is 1. The van der Waals surface area contributed by atoms with Gasteiger partial charge in [0.2, 0.25) is 5.95 Å². The largest absolute Gasteiger partial charge is 0.466 e. The quantitative estimate of drug-likeness (QED) is 0.682. The van der Waals surface area contributed by atoms with E-state index in [-0.39, 0.29) is 11.9 Å². The van der Waals surface area contributed by atoms with Crippen LogP contribution in [0.25, 0.3) is 16.6 Å². The number of anilines is 1. The third-order valence-corrected chi connectivity index (χ3v) is 4.79. The van der Waals surface area contributed by atoms with Crippen LogP contribution < -0.4 is 4.90 Å². The highest BCUT2D eigenvalue weighted by Crippen LogP contribution is 2.27. The van der Waals surface area contributed by atoms with Gasteiger partial charge in [-0.05, 0) is 38.8 Å². The monoisotopic (exact) mass is 339 g/mol. The molecular weight excluding hydrogens is 318 g/mol. The molecule has 1 aromatic carbocycles. The van der Waals surface area contributed by atoms with E-state index in [9.17, 15) is 4.79 Å². The SMILES string of the molecule is CCOC(=O)C1CCN(c2nc3ccccc3c3nnc(C)n23)CC1. The highest BCUT2D eigenvalue weighted by atomic mass is 16.5. The maximum absolute atomic E-state index is 12.0. The third kappa shape index (κ3) is 2.69. The van der Waals surface area contributed by atoms with Crippen LogP contribution in [0, 0.1) is 12.8 Å². The van der Waals surface area contributed by atoms with Gasteiger partial charge in [-0.25, -0.2) is 9.38 Å². The molecular formula is C18H21N5O2. The van der Waals surface area contributed by atoms with Gasteiger partial charge in [0.25, 0.3) is 0 Å². The van der Waals surface area contributed by atoms with Gasteiger partial charge in [0.15, 0.2) is 5.65 Å². The molecule has 0 unspecified atom stereocenters.